The van der Waals surface area contributed by atoms with E-state index in [1.807, 2.05) is 18.5 Å². The van der Waals surface area contributed by atoms with Crippen molar-refractivity contribution in [3.05, 3.63) is 46.2 Å². The smallest absolute Gasteiger partial charge is 0.115 e. The number of benzene rings is 1. The fourth-order valence-electron chi connectivity index (χ4n) is 2.43. The lowest BCUT2D eigenvalue weighted by atomic mass is 9.91. The molecule has 0 aliphatic carbocycles. The Labute approximate surface area is 130 Å². The fraction of sp³-hybridized carbons (Fsp3) is 0.438. The zero-order valence-electron chi connectivity index (χ0n) is 12.6. The third kappa shape index (κ3) is 3.22. The lowest BCUT2D eigenvalue weighted by Gasteiger charge is -2.24. The average Bonchev–Trinajstić information content (AvgIpc) is 2.75. The molecule has 2 N–H and O–H groups in total. The molecule has 0 radical (unpaired) electrons. The number of aliphatic hydroxyl groups is 1. The second-order valence-corrected chi connectivity index (χ2v) is 5.75. The topological polar surface area (TPSA) is 58.3 Å². The van der Waals surface area contributed by atoms with Gasteiger partial charge in [0.15, 0.2) is 0 Å². The molecule has 0 saturated carbocycles. The van der Waals surface area contributed by atoms with Crippen molar-refractivity contribution in [3.8, 4) is 5.75 Å². The predicted molar refractivity (Wildman–Crippen MR) is 83.7 cm³/mol. The highest BCUT2D eigenvalue weighted by atomic mass is 35.5. The van der Waals surface area contributed by atoms with Crippen molar-refractivity contribution in [2.45, 2.75) is 45.8 Å². The van der Waals surface area contributed by atoms with Crippen molar-refractivity contribution in [1.82, 2.24) is 9.78 Å². The number of aryl methyl sites for hydroxylation is 2. The van der Waals surface area contributed by atoms with Crippen LogP contribution in [0.25, 0.3) is 0 Å². The number of halogens is 1. The summed E-state index contributed by atoms with van der Waals surface area (Å²) in [6.45, 7) is 6.46. The molecule has 1 atom stereocenters. The average molecular weight is 309 g/mol. The number of hydrogen-bond acceptors (Lipinski definition) is 3. The van der Waals surface area contributed by atoms with Crippen LogP contribution in [0, 0.1) is 0 Å². The van der Waals surface area contributed by atoms with Crippen LogP contribution in [-0.2, 0) is 25.0 Å². The van der Waals surface area contributed by atoms with Crippen LogP contribution in [0.2, 0.25) is 5.02 Å². The Hall–Kier alpha value is -1.52. The van der Waals surface area contributed by atoms with E-state index in [1.165, 1.54) is 0 Å². The van der Waals surface area contributed by atoms with Gasteiger partial charge < -0.3 is 10.2 Å². The second kappa shape index (κ2) is 6.08. The Bertz CT molecular complexity index is 618. The first-order chi connectivity index (χ1) is 9.89. The zero-order valence-corrected chi connectivity index (χ0v) is 13.4. The summed E-state index contributed by atoms with van der Waals surface area (Å²) in [6, 6.07) is 6.58. The van der Waals surface area contributed by atoms with E-state index in [2.05, 4.69) is 5.10 Å². The third-order valence-electron chi connectivity index (χ3n) is 3.70. The molecule has 0 bridgehead atoms. The molecule has 4 nitrogen and oxygen atoms in total. The van der Waals surface area contributed by atoms with E-state index in [1.54, 1.807) is 31.2 Å². The normalized spacial score (nSPS) is 14.1. The van der Waals surface area contributed by atoms with E-state index >= 15 is 0 Å². The summed E-state index contributed by atoms with van der Waals surface area (Å²) in [7, 11) is 0. The van der Waals surface area contributed by atoms with E-state index in [4.69, 9.17) is 11.6 Å². The number of hydrogen-bond donors (Lipinski definition) is 2. The van der Waals surface area contributed by atoms with E-state index in [-0.39, 0.29) is 5.75 Å². The van der Waals surface area contributed by atoms with Crippen molar-refractivity contribution in [2.75, 3.05) is 0 Å². The van der Waals surface area contributed by atoms with Gasteiger partial charge in [-0.15, -0.1) is 0 Å². The minimum Gasteiger partial charge on any atom is -0.508 e. The van der Waals surface area contributed by atoms with Gasteiger partial charge in [0, 0.05) is 13.0 Å². The number of phenolic OH excluding ortho intramolecular Hbond substituents is 1. The van der Waals surface area contributed by atoms with Gasteiger partial charge in [-0.3, -0.25) is 4.68 Å². The number of nitrogens with zero attached hydrogens (tertiary/aromatic N) is 2. The first-order valence-corrected chi connectivity index (χ1v) is 7.52. The highest BCUT2D eigenvalue weighted by Gasteiger charge is 2.28. The van der Waals surface area contributed by atoms with Crippen LogP contribution < -0.4 is 0 Å². The van der Waals surface area contributed by atoms with Crippen LogP contribution in [0.15, 0.2) is 24.3 Å². The minimum atomic E-state index is -1.07. The van der Waals surface area contributed by atoms with E-state index < -0.39 is 5.60 Å². The van der Waals surface area contributed by atoms with E-state index in [9.17, 15) is 10.2 Å². The van der Waals surface area contributed by atoms with Crippen molar-refractivity contribution in [3.63, 3.8) is 0 Å². The number of rotatable bonds is 5. The Balaban J connectivity index is 2.36. The molecule has 2 aromatic rings. The number of aromatic nitrogens is 2. The van der Waals surface area contributed by atoms with Gasteiger partial charge in [0.25, 0.3) is 0 Å². The van der Waals surface area contributed by atoms with Gasteiger partial charge >= 0.3 is 0 Å². The Morgan fingerprint density at radius 2 is 1.86 bits per heavy atom. The summed E-state index contributed by atoms with van der Waals surface area (Å²) in [4.78, 5) is 0. The highest BCUT2D eigenvalue weighted by Crippen LogP contribution is 2.31. The minimum absolute atomic E-state index is 0.180. The van der Waals surface area contributed by atoms with Gasteiger partial charge in [-0.2, -0.15) is 5.10 Å². The molecular formula is C16H21ClN2O2. The van der Waals surface area contributed by atoms with Crippen LogP contribution in [-0.4, -0.2) is 20.0 Å². The van der Waals surface area contributed by atoms with Gasteiger partial charge in [-0.05, 0) is 38.0 Å². The lowest BCUT2D eigenvalue weighted by Crippen LogP contribution is -2.26. The maximum absolute atomic E-state index is 10.8. The summed E-state index contributed by atoms with van der Waals surface area (Å²) < 4.78 is 1.84. The summed E-state index contributed by atoms with van der Waals surface area (Å²) in [5, 5.41) is 25.2. The molecular weight excluding hydrogens is 288 g/mol. The fourth-order valence-corrected chi connectivity index (χ4v) is 2.77. The molecule has 0 fully saturated rings. The maximum atomic E-state index is 10.8. The van der Waals surface area contributed by atoms with Gasteiger partial charge in [0.1, 0.15) is 5.75 Å². The van der Waals surface area contributed by atoms with Crippen molar-refractivity contribution in [1.29, 1.82) is 0 Å². The van der Waals surface area contributed by atoms with Gasteiger partial charge in [0.05, 0.1) is 22.0 Å². The summed E-state index contributed by atoms with van der Waals surface area (Å²) in [5.74, 6) is 0.180. The molecule has 0 aliphatic heterocycles. The number of aromatic hydroxyl groups is 1. The van der Waals surface area contributed by atoms with E-state index in [0.29, 0.717) is 18.0 Å². The second-order valence-electron chi connectivity index (χ2n) is 5.37. The van der Waals surface area contributed by atoms with Crippen LogP contribution in [0.4, 0.5) is 0 Å². The van der Waals surface area contributed by atoms with Crippen LogP contribution in [0.5, 0.6) is 5.75 Å². The first-order valence-electron chi connectivity index (χ1n) is 7.15. The van der Waals surface area contributed by atoms with Crippen LogP contribution >= 0.6 is 11.6 Å². The highest BCUT2D eigenvalue weighted by molar-refractivity contribution is 6.31. The Morgan fingerprint density at radius 1 is 1.24 bits per heavy atom. The van der Waals surface area contributed by atoms with Gasteiger partial charge in [0.2, 0.25) is 0 Å². The van der Waals surface area contributed by atoms with Crippen molar-refractivity contribution < 1.29 is 10.2 Å². The summed E-state index contributed by atoms with van der Waals surface area (Å²) >= 11 is 6.39. The molecule has 1 unspecified atom stereocenters. The quantitative estimate of drug-likeness (QED) is 0.891. The molecule has 0 aliphatic rings. The van der Waals surface area contributed by atoms with Gasteiger partial charge in [-0.25, -0.2) is 0 Å². The van der Waals surface area contributed by atoms with Crippen molar-refractivity contribution >= 4 is 11.6 Å². The van der Waals surface area contributed by atoms with E-state index in [0.717, 1.165) is 23.4 Å². The van der Waals surface area contributed by atoms with Crippen LogP contribution in [0.1, 0.15) is 37.7 Å². The summed E-state index contributed by atoms with van der Waals surface area (Å²) in [5.41, 5.74) is 1.36. The molecule has 21 heavy (non-hydrogen) atoms. The Kier molecular flexibility index (Phi) is 4.59. The Morgan fingerprint density at radius 3 is 2.38 bits per heavy atom. The summed E-state index contributed by atoms with van der Waals surface area (Å²) in [6.07, 6.45) is 1.14. The lowest BCUT2D eigenvalue weighted by molar-refractivity contribution is 0.0554. The standard InChI is InChI=1S/C16H21ClN2O2/c1-4-13-15(17)14(19(5-2)18-13)10-16(3,21)11-6-8-12(20)9-7-11/h6-9,20-21H,4-5,10H2,1-3H3. The van der Waals surface area contributed by atoms with Crippen molar-refractivity contribution in [2.24, 2.45) is 0 Å². The monoisotopic (exact) mass is 308 g/mol. The molecule has 5 heteroatoms. The molecule has 114 valence electrons. The predicted octanol–water partition coefficient (Wildman–Crippen LogP) is 3.27. The van der Waals surface area contributed by atoms with Crippen LogP contribution in [0.3, 0.4) is 0 Å². The largest absolute Gasteiger partial charge is 0.508 e. The molecule has 0 saturated heterocycles. The molecule has 2 rings (SSSR count). The molecule has 0 amide bonds. The van der Waals surface area contributed by atoms with Gasteiger partial charge in [-0.1, -0.05) is 30.7 Å². The molecule has 1 aromatic carbocycles. The first kappa shape index (κ1) is 15.9. The molecule has 0 spiro atoms. The molecule has 1 heterocycles. The zero-order chi connectivity index (χ0) is 15.6. The SMILES string of the molecule is CCc1nn(CC)c(CC(C)(O)c2ccc(O)cc2)c1Cl. The third-order valence-corrected chi connectivity index (χ3v) is 4.13. The molecule has 1 aromatic heterocycles. The maximum Gasteiger partial charge on any atom is 0.115 e. The number of phenols is 1.